The molecule has 0 saturated heterocycles. The van der Waals surface area contributed by atoms with Gasteiger partial charge in [-0.1, -0.05) is 13.8 Å². The molecule has 0 aromatic heterocycles. The fourth-order valence-electron chi connectivity index (χ4n) is 2.36. The van der Waals surface area contributed by atoms with Crippen molar-refractivity contribution in [3.8, 4) is 22.6 Å². The van der Waals surface area contributed by atoms with Crippen LogP contribution in [0.3, 0.4) is 0 Å². The lowest BCUT2D eigenvalue weighted by Gasteiger charge is -2.15. The Bertz CT molecular complexity index is 836. The molecular formula is C23H32N2O4S. The molecule has 0 N–H and O–H groups in total. The summed E-state index contributed by atoms with van der Waals surface area (Å²) < 4.78 is 10.4. The summed E-state index contributed by atoms with van der Waals surface area (Å²) >= 11 is 1.09. The first-order valence-electron chi connectivity index (χ1n) is 9.70. The highest BCUT2D eigenvalue weighted by molar-refractivity contribution is 8.13. The molecule has 7 heteroatoms. The van der Waals surface area contributed by atoms with Gasteiger partial charge in [-0.15, -0.1) is 0 Å². The molecular weight excluding hydrogens is 400 g/mol. The average Bonchev–Trinajstić information content (AvgIpc) is 2.78. The monoisotopic (exact) mass is 432 g/mol. The minimum atomic E-state index is -0.106. The molecule has 1 amide bonds. The molecule has 2 aromatic carbocycles. The minimum absolute atomic E-state index is 0.106. The maximum absolute atomic E-state index is 12.1. The van der Waals surface area contributed by atoms with Crippen LogP contribution in [0.25, 0.3) is 11.1 Å². The number of aldehydes is 1. The number of carbonyl (C=O) groups excluding carboxylic acids is 2. The van der Waals surface area contributed by atoms with E-state index < -0.39 is 0 Å². The van der Waals surface area contributed by atoms with Crippen LogP contribution in [0.1, 0.15) is 24.2 Å². The lowest BCUT2D eigenvalue weighted by molar-refractivity contribution is 0.112. The van der Waals surface area contributed by atoms with Gasteiger partial charge in [0.15, 0.2) is 6.29 Å². The van der Waals surface area contributed by atoms with Crippen molar-refractivity contribution in [1.29, 1.82) is 0 Å². The van der Waals surface area contributed by atoms with E-state index in [4.69, 9.17) is 9.47 Å². The summed E-state index contributed by atoms with van der Waals surface area (Å²) in [6.07, 6.45) is 0.782. The number of methoxy groups -OCH3 is 2. The first-order valence-corrected chi connectivity index (χ1v) is 10.5. The fourth-order valence-corrected chi connectivity index (χ4v) is 3.19. The Hall–Kier alpha value is -2.51. The van der Waals surface area contributed by atoms with Crippen molar-refractivity contribution in [3.63, 3.8) is 0 Å². The van der Waals surface area contributed by atoms with Gasteiger partial charge in [-0.3, -0.25) is 9.59 Å². The predicted molar refractivity (Wildman–Crippen MR) is 124 cm³/mol. The average molecular weight is 433 g/mol. The van der Waals surface area contributed by atoms with Crippen molar-refractivity contribution < 1.29 is 19.1 Å². The maximum atomic E-state index is 12.1. The molecule has 0 radical (unpaired) electrons. The number of benzene rings is 2. The first-order chi connectivity index (χ1) is 14.3. The number of carbonyl (C=O) groups is 2. The van der Waals surface area contributed by atoms with E-state index in [1.165, 1.54) is 4.90 Å². The zero-order valence-corrected chi connectivity index (χ0v) is 19.7. The molecule has 0 bridgehead atoms. The van der Waals surface area contributed by atoms with Crippen LogP contribution in [0.15, 0.2) is 41.3 Å². The van der Waals surface area contributed by atoms with Crippen molar-refractivity contribution in [2.75, 3.05) is 48.5 Å². The van der Waals surface area contributed by atoms with Gasteiger partial charge in [0.2, 0.25) is 0 Å². The Morgan fingerprint density at radius 2 is 1.47 bits per heavy atom. The third-order valence-electron chi connectivity index (χ3n) is 4.51. The van der Waals surface area contributed by atoms with Crippen LogP contribution in [0.5, 0.6) is 11.5 Å². The van der Waals surface area contributed by atoms with Crippen molar-refractivity contribution in [1.82, 2.24) is 9.80 Å². The van der Waals surface area contributed by atoms with Gasteiger partial charge in [0.25, 0.3) is 5.24 Å². The van der Waals surface area contributed by atoms with Crippen LogP contribution in [-0.2, 0) is 0 Å². The Balaban J connectivity index is 0.000000656. The van der Waals surface area contributed by atoms with E-state index in [1.54, 1.807) is 52.6 Å². The second kappa shape index (κ2) is 12.9. The molecule has 6 nitrogen and oxygen atoms in total. The smallest absolute Gasteiger partial charge is 0.285 e. The highest BCUT2D eigenvalue weighted by Gasteiger charge is 2.16. The highest BCUT2D eigenvalue weighted by Crippen LogP contribution is 2.37. The number of hydrogen-bond acceptors (Lipinski definition) is 6. The summed E-state index contributed by atoms with van der Waals surface area (Å²) in [5.41, 5.74) is 2.03. The van der Waals surface area contributed by atoms with Crippen LogP contribution in [0, 0.1) is 0 Å². The van der Waals surface area contributed by atoms with Gasteiger partial charge >= 0.3 is 0 Å². The van der Waals surface area contributed by atoms with Gasteiger partial charge in [0.1, 0.15) is 11.5 Å². The fraction of sp³-hybridized carbons (Fsp3) is 0.391. The van der Waals surface area contributed by atoms with E-state index in [0.717, 1.165) is 47.2 Å². The van der Waals surface area contributed by atoms with E-state index in [9.17, 15) is 9.59 Å². The SMILES string of the molecule is CCN(C)CC.COc1ccc(-c2ccc(OC)cc2SC(=O)N(C)C)c(C=O)c1. The topological polar surface area (TPSA) is 59.1 Å². The molecule has 0 spiro atoms. The molecule has 0 fully saturated rings. The Morgan fingerprint density at radius 1 is 0.933 bits per heavy atom. The molecule has 0 saturated carbocycles. The summed E-state index contributed by atoms with van der Waals surface area (Å²) in [5, 5.41) is -0.106. The quantitative estimate of drug-likeness (QED) is 0.457. The summed E-state index contributed by atoms with van der Waals surface area (Å²) in [7, 11) is 8.62. The van der Waals surface area contributed by atoms with Crippen molar-refractivity contribution in [2.45, 2.75) is 18.7 Å². The van der Waals surface area contributed by atoms with Crippen LogP contribution in [0.4, 0.5) is 4.79 Å². The second-order valence-corrected chi connectivity index (χ2v) is 7.68. The van der Waals surface area contributed by atoms with Gasteiger partial charge < -0.3 is 19.3 Å². The number of nitrogens with zero attached hydrogens (tertiary/aromatic N) is 2. The van der Waals surface area contributed by atoms with E-state index in [2.05, 4.69) is 25.8 Å². The summed E-state index contributed by atoms with van der Waals surface area (Å²) in [5.74, 6) is 1.25. The molecule has 2 rings (SSSR count). The number of rotatable bonds is 7. The van der Waals surface area contributed by atoms with Crippen molar-refractivity contribution in [3.05, 3.63) is 42.0 Å². The van der Waals surface area contributed by atoms with Crippen LogP contribution < -0.4 is 9.47 Å². The minimum Gasteiger partial charge on any atom is -0.497 e. The molecule has 30 heavy (non-hydrogen) atoms. The molecule has 164 valence electrons. The second-order valence-electron chi connectivity index (χ2n) is 6.68. The first kappa shape index (κ1) is 25.5. The lowest BCUT2D eigenvalue weighted by atomic mass is 10.00. The van der Waals surface area contributed by atoms with E-state index in [0.29, 0.717) is 17.1 Å². The molecule has 0 heterocycles. The summed E-state index contributed by atoms with van der Waals surface area (Å²) in [4.78, 5) is 28.1. The Morgan fingerprint density at radius 3 is 1.90 bits per heavy atom. The van der Waals surface area contributed by atoms with Crippen molar-refractivity contribution >= 4 is 23.3 Å². The third-order valence-corrected chi connectivity index (χ3v) is 5.60. The largest absolute Gasteiger partial charge is 0.497 e. The van der Waals surface area contributed by atoms with Crippen LogP contribution in [0.2, 0.25) is 0 Å². The van der Waals surface area contributed by atoms with Gasteiger partial charge in [0, 0.05) is 24.6 Å². The van der Waals surface area contributed by atoms with Crippen LogP contribution in [-0.4, -0.2) is 69.8 Å². The number of amides is 1. The van der Waals surface area contributed by atoms with Gasteiger partial charge in [-0.2, -0.15) is 0 Å². The maximum Gasteiger partial charge on any atom is 0.285 e. The lowest BCUT2D eigenvalue weighted by Crippen LogP contribution is -2.16. The normalized spacial score (nSPS) is 10.1. The predicted octanol–water partition coefficient (Wildman–Crippen LogP) is 4.92. The van der Waals surface area contributed by atoms with E-state index in [1.807, 2.05) is 12.1 Å². The van der Waals surface area contributed by atoms with Gasteiger partial charge in [-0.05, 0) is 79.4 Å². The number of hydrogen-bond donors (Lipinski definition) is 0. The standard InChI is InChI=1S/C18H19NO4S.C5H13N/c1-19(2)18(21)24-17-10-14(23-4)6-8-16(17)15-7-5-13(22-3)9-12(15)11-20;1-4-6(3)5-2/h5-11H,1-4H3;4-5H2,1-3H3. The molecule has 0 aliphatic heterocycles. The van der Waals surface area contributed by atoms with Gasteiger partial charge in [0.05, 0.1) is 14.2 Å². The zero-order valence-electron chi connectivity index (χ0n) is 18.9. The van der Waals surface area contributed by atoms with E-state index in [-0.39, 0.29) is 5.24 Å². The zero-order chi connectivity index (χ0) is 22.7. The van der Waals surface area contributed by atoms with E-state index >= 15 is 0 Å². The molecule has 0 atom stereocenters. The molecule has 2 aromatic rings. The number of ether oxygens (including phenoxy) is 2. The van der Waals surface area contributed by atoms with Crippen molar-refractivity contribution in [2.24, 2.45) is 0 Å². The highest BCUT2D eigenvalue weighted by atomic mass is 32.2. The summed E-state index contributed by atoms with van der Waals surface area (Å²) in [6.45, 7) is 6.64. The molecule has 0 aliphatic carbocycles. The van der Waals surface area contributed by atoms with Gasteiger partial charge in [-0.25, -0.2) is 0 Å². The molecule has 0 unspecified atom stereocenters. The Labute approximate surface area is 184 Å². The number of thioether (sulfide) groups is 1. The van der Waals surface area contributed by atoms with Crippen LogP contribution >= 0.6 is 11.8 Å². The molecule has 0 aliphatic rings. The Kier molecular flexibility index (Phi) is 11.0. The third kappa shape index (κ3) is 7.39. The summed E-state index contributed by atoms with van der Waals surface area (Å²) in [6, 6.07) is 10.7.